The first-order chi connectivity index (χ1) is 7.47. The molecule has 4 heteroatoms. The second kappa shape index (κ2) is 5.14. The molecule has 0 aliphatic rings. The van der Waals surface area contributed by atoms with Crippen molar-refractivity contribution in [3.8, 4) is 0 Å². The Morgan fingerprint density at radius 2 is 1.94 bits per heavy atom. The van der Waals surface area contributed by atoms with Crippen LogP contribution in [0.1, 0.15) is 38.1 Å². The van der Waals surface area contributed by atoms with E-state index in [1.807, 2.05) is 13.8 Å². The molecule has 1 heterocycles. The highest BCUT2D eigenvalue weighted by molar-refractivity contribution is 5.56. The van der Waals surface area contributed by atoms with Crippen LogP contribution in [0.3, 0.4) is 0 Å². The van der Waals surface area contributed by atoms with E-state index in [-0.39, 0.29) is 0 Å². The van der Waals surface area contributed by atoms with E-state index in [9.17, 15) is 0 Å². The fraction of sp³-hybridized carbons (Fsp3) is 0.667. The predicted octanol–water partition coefficient (Wildman–Crippen LogP) is 2.30. The molecule has 0 aromatic carbocycles. The van der Waals surface area contributed by atoms with Gasteiger partial charge in [-0.2, -0.15) is 0 Å². The minimum atomic E-state index is 0.470. The summed E-state index contributed by atoms with van der Waals surface area (Å²) >= 11 is 0. The maximum atomic E-state index is 5.86. The molecule has 0 saturated heterocycles. The third-order valence-electron chi connectivity index (χ3n) is 2.97. The Hall–Kier alpha value is -1.32. The Bertz CT molecular complexity index is 362. The number of aromatic nitrogens is 2. The highest BCUT2D eigenvalue weighted by Gasteiger charge is 2.15. The molecule has 0 aliphatic carbocycles. The van der Waals surface area contributed by atoms with Crippen molar-refractivity contribution in [1.29, 1.82) is 0 Å². The summed E-state index contributed by atoms with van der Waals surface area (Å²) in [5, 5.41) is 0. The van der Waals surface area contributed by atoms with E-state index >= 15 is 0 Å². The quantitative estimate of drug-likeness (QED) is 0.849. The summed E-state index contributed by atoms with van der Waals surface area (Å²) in [6.07, 6.45) is 2.32. The summed E-state index contributed by atoms with van der Waals surface area (Å²) in [4.78, 5) is 10.8. The fourth-order valence-electron chi connectivity index (χ4n) is 1.80. The number of aryl methyl sites for hydroxylation is 1. The molecule has 2 N–H and O–H groups in total. The van der Waals surface area contributed by atoms with E-state index in [0.717, 1.165) is 23.6 Å². The molecule has 0 spiro atoms. The minimum Gasteiger partial charge on any atom is -0.383 e. The molecule has 1 atom stereocenters. The normalized spacial score (nSPS) is 12.6. The van der Waals surface area contributed by atoms with Crippen molar-refractivity contribution in [1.82, 2.24) is 9.97 Å². The van der Waals surface area contributed by atoms with Gasteiger partial charge in [-0.15, -0.1) is 0 Å². The summed E-state index contributed by atoms with van der Waals surface area (Å²) in [6.45, 7) is 8.24. The smallest absolute Gasteiger partial charge is 0.137 e. The van der Waals surface area contributed by atoms with Gasteiger partial charge in [0.25, 0.3) is 0 Å². The lowest BCUT2D eigenvalue weighted by molar-refractivity contribution is 0.609. The Morgan fingerprint density at radius 3 is 2.50 bits per heavy atom. The second-order valence-corrected chi connectivity index (χ2v) is 4.35. The Kier molecular flexibility index (Phi) is 4.10. The second-order valence-electron chi connectivity index (χ2n) is 4.35. The Balaban J connectivity index is 3.03. The van der Waals surface area contributed by atoms with Crippen LogP contribution in [0.5, 0.6) is 0 Å². The third-order valence-corrected chi connectivity index (χ3v) is 2.97. The van der Waals surface area contributed by atoms with Crippen LogP contribution in [0.25, 0.3) is 0 Å². The molecule has 0 amide bonds. The van der Waals surface area contributed by atoms with Gasteiger partial charge in [0.15, 0.2) is 0 Å². The summed E-state index contributed by atoms with van der Waals surface area (Å²) in [7, 11) is 2.06. The highest BCUT2D eigenvalue weighted by atomic mass is 15.2. The van der Waals surface area contributed by atoms with Gasteiger partial charge in [-0.3, -0.25) is 0 Å². The van der Waals surface area contributed by atoms with Gasteiger partial charge >= 0.3 is 0 Å². The van der Waals surface area contributed by atoms with E-state index in [4.69, 9.17) is 5.73 Å². The van der Waals surface area contributed by atoms with Crippen LogP contribution in [0.15, 0.2) is 0 Å². The molecule has 0 fully saturated rings. The molecule has 0 aliphatic heterocycles. The average Bonchev–Trinajstić information content (AvgIpc) is 2.22. The molecule has 0 saturated carbocycles. The SMILES string of the molecule is CCCC(C)N(C)c1nc(C)nc(N)c1C. The summed E-state index contributed by atoms with van der Waals surface area (Å²) in [5.74, 6) is 2.26. The first-order valence-electron chi connectivity index (χ1n) is 5.80. The molecular formula is C12H22N4. The Labute approximate surface area is 97.9 Å². The predicted molar refractivity (Wildman–Crippen MR) is 68.7 cm³/mol. The molecular weight excluding hydrogens is 200 g/mol. The lowest BCUT2D eigenvalue weighted by atomic mass is 10.1. The van der Waals surface area contributed by atoms with Gasteiger partial charge in [0.05, 0.1) is 0 Å². The van der Waals surface area contributed by atoms with Crippen LogP contribution in [0.2, 0.25) is 0 Å². The molecule has 90 valence electrons. The number of nitrogens with zero attached hydrogens (tertiary/aromatic N) is 3. The lowest BCUT2D eigenvalue weighted by Crippen LogP contribution is -2.30. The highest BCUT2D eigenvalue weighted by Crippen LogP contribution is 2.23. The summed E-state index contributed by atoms with van der Waals surface area (Å²) in [6, 6.07) is 0.470. The van der Waals surface area contributed by atoms with Crippen LogP contribution < -0.4 is 10.6 Å². The van der Waals surface area contributed by atoms with Crippen LogP contribution >= 0.6 is 0 Å². The zero-order valence-corrected chi connectivity index (χ0v) is 10.9. The van der Waals surface area contributed by atoms with E-state index in [1.165, 1.54) is 6.42 Å². The molecule has 16 heavy (non-hydrogen) atoms. The molecule has 0 radical (unpaired) electrons. The number of nitrogen functional groups attached to an aromatic ring is 1. The van der Waals surface area contributed by atoms with Crippen molar-refractivity contribution < 1.29 is 0 Å². The molecule has 1 aromatic heterocycles. The number of hydrogen-bond donors (Lipinski definition) is 1. The summed E-state index contributed by atoms with van der Waals surface area (Å²) < 4.78 is 0. The van der Waals surface area contributed by atoms with Gasteiger partial charge in [-0.25, -0.2) is 9.97 Å². The van der Waals surface area contributed by atoms with Gasteiger partial charge in [-0.05, 0) is 27.2 Å². The molecule has 0 bridgehead atoms. The molecule has 1 aromatic rings. The zero-order chi connectivity index (χ0) is 12.3. The fourth-order valence-corrected chi connectivity index (χ4v) is 1.80. The monoisotopic (exact) mass is 222 g/mol. The zero-order valence-electron chi connectivity index (χ0n) is 10.9. The van der Waals surface area contributed by atoms with E-state index in [2.05, 4.69) is 35.8 Å². The number of hydrogen-bond acceptors (Lipinski definition) is 4. The van der Waals surface area contributed by atoms with E-state index < -0.39 is 0 Å². The maximum Gasteiger partial charge on any atom is 0.137 e. The van der Waals surface area contributed by atoms with Gasteiger partial charge in [-0.1, -0.05) is 13.3 Å². The number of anilines is 2. The van der Waals surface area contributed by atoms with Crippen molar-refractivity contribution in [3.63, 3.8) is 0 Å². The Morgan fingerprint density at radius 1 is 1.31 bits per heavy atom. The first kappa shape index (κ1) is 12.7. The van der Waals surface area contributed by atoms with Gasteiger partial charge in [0, 0.05) is 18.7 Å². The minimum absolute atomic E-state index is 0.470. The largest absolute Gasteiger partial charge is 0.383 e. The molecule has 1 unspecified atom stereocenters. The van der Waals surface area contributed by atoms with Crippen molar-refractivity contribution in [3.05, 3.63) is 11.4 Å². The van der Waals surface area contributed by atoms with Crippen molar-refractivity contribution in [2.45, 2.75) is 46.6 Å². The van der Waals surface area contributed by atoms with Crippen LogP contribution in [-0.2, 0) is 0 Å². The van der Waals surface area contributed by atoms with Gasteiger partial charge < -0.3 is 10.6 Å². The van der Waals surface area contributed by atoms with Gasteiger partial charge in [0.2, 0.25) is 0 Å². The number of rotatable bonds is 4. The maximum absolute atomic E-state index is 5.86. The van der Waals surface area contributed by atoms with Crippen LogP contribution in [0, 0.1) is 13.8 Å². The lowest BCUT2D eigenvalue weighted by Gasteiger charge is -2.27. The summed E-state index contributed by atoms with van der Waals surface area (Å²) in [5.41, 5.74) is 6.82. The van der Waals surface area contributed by atoms with Crippen molar-refractivity contribution in [2.24, 2.45) is 0 Å². The van der Waals surface area contributed by atoms with Gasteiger partial charge in [0.1, 0.15) is 17.5 Å². The molecule has 1 rings (SSSR count). The van der Waals surface area contributed by atoms with E-state index in [1.54, 1.807) is 0 Å². The topological polar surface area (TPSA) is 55.0 Å². The van der Waals surface area contributed by atoms with Crippen LogP contribution in [-0.4, -0.2) is 23.1 Å². The van der Waals surface area contributed by atoms with E-state index in [0.29, 0.717) is 11.9 Å². The van der Waals surface area contributed by atoms with Crippen LogP contribution in [0.4, 0.5) is 11.6 Å². The standard InChI is InChI=1S/C12H22N4/c1-6-7-8(2)16(5)12-9(3)11(13)14-10(4)15-12/h8H,6-7H2,1-5H3,(H2,13,14,15). The third kappa shape index (κ3) is 2.62. The number of nitrogens with two attached hydrogens (primary N) is 1. The molecule has 4 nitrogen and oxygen atoms in total. The van der Waals surface area contributed by atoms with Crippen molar-refractivity contribution >= 4 is 11.6 Å². The first-order valence-corrected chi connectivity index (χ1v) is 5.80. The average molecular weight is 222 g/mol. The van der Waals surface area contributed by atoms with Crippen molar-refractivity contribution in [2.75, 3.05) is 17.7 Å².